The van der Waals surface area contributed by atoms with E-state index in [0.717, 1.165) is 6.04 Å². The van der Waals surface area contributed by atoms with Crippen molar-refractivity contribution in [1.82, 2.24) is 4.90 Å². The van der Waals surface area contributed by atoms with Gasteiger partial charge in [0.05, 0.1) is 0 Å². The van der Waals surface area contributed by atoms with E-state index >= 15 is 0 Å². The van der Waals surface area contributed by atoms with Gasteiger partial charge in [0.25, 0.3) is 0 Å². The van der Waals surface area contributed by atoms with E-state index in [-0.39, 0.29) is 0 Å². The van der Waals surface area contributed by atoms with Gasteiger partial charge < -0.3 is 10.6 Å². The lowest BCUT2D eigenvalue weighted by Crippen LogP contribution is -2.43. The molecule has 0 spiro atoms. The number of fused-ring (bicyclic) bond motifs is 1. The molecule has 2 aliphatic rings. The number of piperidine rings is 1. The molecule has 0 radical (unpaired) electrons. The quantitative estimate of drug-likeness (QED) is 0.533. The van der Waals surface area contributed by atoms with Gasteiger partial charge in [-0.05, 0) is 38.8 Å². The summed E-state index contributed by atoms with van der Waals surface area (Å²) >= 11 is 0. The third-order valence-electron chi connectivity index (χ3n) is 2.86. The highest BCUT2D eigenvalue weighted by molar-refractivity contribution is 4.87. The molecule has 0 aliphatic carbocycles. The Bertz CT molecular complexity index is 124. The number of nitrogens with two attached hydrogens (primary N) is 1. The number of rotatable bonds is 0. The monoisotopic (exact) mass is 140 g/mol. The maximum Gasteiger partial charge on any atom is 0.0110 e. The minimum absolute atomic E-state index is 0.499. The summed E-state index contributed by atoms with van der Waals surface area (Å²) in [5.41, 5.74) is 5.86. The van der Waals surface area contributed by atoms with E-state index in [0.29, 0.717) is 6.04 Å². The largest absolute Gasteiger partial charge is 0.328 e. The van der Waals surface area contributed by atoms with Gasteiger partial charge in [-0.2, -0.15) is 0 Å². The number of nitrogens with zero attached hydrogens (tertiary/aromatic N) is 1. The first kappa shape index (κ1) is 6.62. The van der Waals surface area contributed by atoms with Gasteiger partial charge >= 0.3 is 0 Å². The van der Waals surface area contributed by atoms with E-state index in [1.807, 2.05) is 0 Å². The maximum atomic E-state index is 5.86. The average Bonchev–Trinajstić information content (AvgIpc) is 2.33. The Morgan fingerprint density at radius 2 is 2.10 bits per heavy atom. The zero-order valence-corrected chi connectivity index (χ0v) is 6.42. The van der Waals surface area contributed by atoms with Crippen LogP contribution in [-0.2, 0) is 0 Å². The number of hydrogen-bond donors (Lipinski definition) is 1. The third-order valence-corrected chi connectivity index (χ3v) is 2.86. The molecule has 0 saturated carbocycles. The molecule has 2 heterocycles. The minimum Gasteiger partial charge on any atom is -0.328 e. The summed E-state index contributed by atoms with van der Waals surface area (Å²) in [4.78, 5) is 2.60. The van der Waals surface area contributed by atoms with Crippen LogP contribution in [0.25, 0.3) is 0 Å². The summed E-state index contributed by atoms with van der Waals surface area (Å²) in [6.45, 7) is 2.59. The van der Waals surface area contributed by atoms with Gasteiger partial charge in [0, 0.05) is 12.1 Å². The first-order valence-corrected chi connectivity index (χ1v) is 4.36. The fourth-order valence-corrected chi connectivity index (χ4v) is 2.26. The lowest BCUT2D eigenvalue weighted by atomic mass is 9.99. The Hall–Kier alpha value is -0.0800. The van der Waals surface area contributed by atoms with Crippen molar-refractivity contribution < 1.29 is 0 Å². The Balaban J connectivity index is 1.96. The van der Waals surface area contributed by atoms with Gasteiger partial charge in [0.1, 0.15) is 0 Å². The van der Waals surface area contributed by atoms with E-state index < -0.39 is 0 Å². The van der Waals surface area contributed by atoms with Crippen molar-refractivity contribution in [3.05, 3.63) is 0 Å². The van der Waals surface area contributed by atoms with Gasteiger partial charge in [-0.1, -0.05) is 0 Å². The Kier molecular flexibility index (Phi) is 1.66. The van der Waals surface area contributed by atoms with E-state index in [9.17, 15) is 0 Å². The highest BCUT2D eigenvalue weighted by atomic mass is 15.2. The predicted molar refractivity (Wildman–Crippen MR) is 41.8 cm³/mol. The lowest BCUT2D eigenvalue weighted by Gasteiger charge is -2.32. The molecule has 2 N–H and O–H groups in total. The Morgan fingerprint density at radius 1 is 1.20 bits per heavy atom. The molecule has 2 atom stereocenters. The van der Waals surface area contributed by atoms with Crippen LogP contribution < -0.4 is 5.73 Å². The molecule has 2 saturated heterocycles. The van der Waals surface area contributed by atoms with Crippen LogP contribution in [0.5, 0.6) is 0 Å². The molecule has 10 heavy (non-hydrogen) atoms. The van der Waals surface area contributed by atoms with Gasteiger partial charge in [0.2, 0.25) is 0 Å². The molecule has 58 valence electrons. The van der Waals surface area contributed by atoms with Crippen LogP contribution in [0, 0.1) is 0 Å². The van der Waals surface area contributed by atoms with Crippen molar-refractivity contribution >= 4 is 0 Å². The van der Waals surface area contributed by atoms with Crippen molar-refractivity contribution in [1.29, 1.82) is 0 Å². The summed E-state index contributed by atoms with van der Waals surface area (Å²) < 4.78 is 0. The summed E-state index contributed by atoms with van der Waals surface area (Å²) in [6, 6.07) is 1.35. The fourth-order valence-electron chi connectivity index (χ4n) is 2.26. The smallest absolute Gasteiger partial charge is 0.0110 e. The van der Waals surface area contributed by atoms with Crippen molar-refractivity contribution in [3.63, 3.8) is 0 Å². The summed E-state index contributed by atoms with van der Waals surface area (Å²) in [6.07, 6.45) is 5.27. The zero-order chi connectivity index (χ0) is 6.97. The highest BCUT2D eigenvalue weighted by Gasteiger charge is 2.29. The molecule has 0 aromatic rings. The van der Waals surface area contributed by atoms with Crippen LogP contribution >= 0.6 is 0 Å². The molecule has 0 aromatic heterocycles. The molecule has 2 nitrogen and oxygen atoms in total. The maximum absolute atomic E-state index is 5.86. The molecule has 0 amide bonds. The van der Waals surface area contributed by atoms with Crippen molar-refractivity contribution in [3.8, 4) is 0 Å². The minimum atomic E-state index is 0.499. The molecule has 2 heteroatoms. The summed E-state index contributed by atoms with van der Waals surface area (Å²) in [5, 5.41) is 0. The van der Waals surface area contributed by atoms with Gasteiger partial charge in [0.15, 0.2) is 0 Å². The van der Waals surface area contributed by atoms with Crippen LogP contribution in [0.3, 0.4) is 0 Å². The summed E-state index contributed by atoms with van der Waals surface area (Å²) in [5.74, 6) is 0. The molecule has 2 aliphatic heterocycles. The average molecular weight is 140 g/mol. The van der Waals surface area contributed by atoms with Crippen LogP contribution in [0.1, 0.15) is 25.7 Å². The van der Waals surface area contributed by atoms with Crippen molar-refractivity contribution in [2.45, 2.75) is 37.8 Å². The second kappa shape index (κ2) is 2.51. The first-order chi connectivity index (χ1) is 4.86. The highest BCUT2D eigenvalue weighted by Crippen LogP contribution is 2.25. The molecule has 1 unspecified atom stereocenters. The lowest BCUT2D eigenvalue weighted by molar-refractivity contribution is 0.182. The standard InChI is InChI=1S/C8H16N2/c9-7-3-5-10-4-1-2-8(10)6-7/h7-8H,1-6,9H2/t7-,8?/m0/s1. The summed E-state index contributed by atoms with van der Waals surface area (Å²) in [7, 11) is 0. The molecule has 2 fully saturated rings. The molecule has 2 rings (SSSR count). The predicted octanol–water partition coefficient (Wildman–Crippen LogP) is 0.572. The second-order valence-electron chi connectivity index (χ2n) is 3.62. The SMILES string of the molecule is N[C@H]1CCN2CCCC2C1. The molecular weight excluding hydrogens is 124 g/mol. The fraction of sp³-hybridized carbons (Fsp3) is 1.00. The molecule has 0 aromatic carbocycles. The van der Waals surface area contributed by atoms with Gasteiger partial charge in [-0.3, -0.25) is 0 Å². The Labute approximate surface area is 62.4 Å². The van der Waals surface area contributed by atoms with Crippen LogP contribution in [0.4, 0.5) is 0 Å². The van der Waals surface area contributed by atoms with Gasteiger partial charge in [-0.25, -0.2) is 0 Å². The topological polar surface area (TPSA) is 29.3 Å². The zero-order valence-electron chi connectivity index (χ0n) is 6.42. The van der Waals surface area contributed by atoms with E-state index in [4.69, 9.17) is 5.73 Å². The molecule has 0 bridgehead atoms. The number of hydrogen-bond acceptors (Lipinski definition) is 2. The Morgan fingerprint density at radius 3 is 3.00 bits per heavy atom. The van der Waals surface area contributed by atoms with Crippen molar-refractivity contribution in [2.24, 2.45) is 5.73 Å². The van der Waals surface area contributed by atoms with E-state index in [2.05, 4.69) is 4.90 Å². The van der Waals surface area contributed by atoms with E-state index in [1.165, 1.54) is 38.8 Å². The third kappa shape index (κ3) is 1.06. The van der Waals surface area contributed by atoms with E-state index in [1.54, 1.807) is 0 Å². The van der Waals surface area contributed by atoms with Crippen LogP contribution in [0.2, 0.25) is 0 Å². The van der Waals surface area contributed by atoms with Gasteiger partial charge in [-0.15, -0.1) is 0 Å². The molecular formula is C8H16N2. The van der Waals surface area contributed by atoms with Crippen molar-refractivity contribution in [2.75, 3.05) is 13.1 Å². The first-order valence-electron chi connectivity index (χ1n) is 4.36. The normalized spacial score (nSPS) is 41.7. The van der Waals surface area contributed by atoms with Crippen LogP contribution in [0.15, 0.2) is 0 Å². The second-order valence-corrected chi connectivity index (χ2v) is 3.62. The van der Waals surface area contributed by atoms with Crippen LogP contribution in [-0.4, -0.2) is 30.1 Å².